The van der Waals surface area contributed by atoms with Crippen molar-refractivity contribution in [3.05, 3.63) is 320 Å². The minimum atomic E-state index is 0.945. The van der Waals surface area contributed by atoms with Crippen molar-refractivity contribution in [3.8, 4) is 33.9 Å². The molecule has 0 radical (unpaired) electrons. The number of nitrogens with zero attached hydrogens (tertiary/aromatic N) is 7. The summed E-state index contributed by atoms with van der Waals surface area (Å²) >= 11 is 3.43. The van der Waals surface area contributed by atoms with Crippen molar-refractivity contribution in [1.29, 1.82) is 0 Å². The zero-order valence-corrected chi connectivity index (χ0v) is 46.6. The molecule has 16 aromatic rings. The van der Waals surface area contributed by atoms with E-state index in [9.17, 15) is 0 Å². The lowest BCUT2D eigenvalue weighted by Crippen LogP contribution is -2.10. The van der Waals surface area contributed by atoms with E-state index in [1.165, 1.54) is 49.3 Å². The molecule has 0 fully saturated rings. The van der Waals surface area contributed by atoms with Gasteiger partial charge in [0.1, 0.15) is 11.3 Å². The highest BCUT2D eigenvalue weighted by atomic mass is 79.9. The third-order valence-electron chi connectivity index (χ3n) is 15.0. The summed E-state index contributed by atoms with van der Waals surface area (Å²) in [6.07, 6.45) is 8.15. The monoisotopic (exact) mass is 1130 g/mol. The normalized spacial score (nSPS) is 11.2. The second-order valence-electron chi connectivity index (χ2n) is 20.2. The highest BCUT2D eigenvalue weighted by Crippen LogP contribution is 2.38. The molecule has 9 heteroatoms. The van der Waals surface area contributed by atoms with E-state index in [0.717, 1.165) is 72.4 Å². The van der Waals surface area contributed by atoms with Gasteiger partial charge < -0.3 is 28.2 Å². The molecule has 0 bridgehead atoms. The van der Waals surface area contributed by atoms with Gasteiger partial charge in [0.2, 0.25) is 0 Å². The molecule has 396 valence electrons. The van der Waals surface area contributed by atoms with E-state index in [1.54, 1.807) is 0 Å². The Morgan fingerprint density at radius 3 is 1.11 bits per heavy atom. The van der Waals surface area contributed by atoms with Gasteiger partial charge in [-0.15, -0.1) is 0 Å². The number of pyridine rings is 2. The Kier molecular flexibility index (Phi) is 13.6. The van der Waals surface area contributed by atoms with Gasteiger partial charge in [-0.3, -0.25) is 0 Å². The molecule has 0 aliphatic carbocycles. The molecule has 10 aromatic carbocycles. The highest BCUT2D eigenvalue weighted by molar-refractivity contribution is 9.10. The van der Waals surface area contributed by atoms with Crippen molar-refractivity contribution in [1.82, 2.24) is 27.9 Å². The molecular weight excluding hydrogens is 1080 g/mol. The van der Waals surface area contributed by atoms with Crippen LogP contribution >= 0.6 is 15.9 Å². The lowest BCUT2D eigenvalue weighted by Gasteiger charge is -2.26. The molecule has 0 aliphatic heterocycles. The van der Waals surface area contributed by atoms with Gasteiger partial charge in [-0.1, -0.05) is 162 Å². The summed E-state index contributed by atoms with van der Waals surface area (Å²) in [6, 6.07) is 102. The number of imidazole rings is 2. The van der Waals surface area contributed by atoms with Gasteiger partial charge >= 0.3 is 0 Å². The second-order valence-corrected chi connectivity index (χ2v) is 21.1. The summed E-state index contributed by atoms with van der Waals surface area (Å²) in [6.45, 7) is 0. The van der Waals surface area contributed by atoms with Crippen molar-refractivity contribution in [2.75, 3.05) is 10.2 Å². The van der Waals surface area contributed by atoms with Crippen molar-refractivity contribution in [2.24, 2.45) is 0 Å². The van der Waals surface area contributed by atoms with Gasteiger partial charge in [-0.25, -0.2) is 9.97 Å². The van der Waals surface area contributed by atoms with Gasteiger partial charge in [0.25, 0.3) is 0 Å². The SMILES string of the molecule is Brc1ccc(-c2cn3ccccc3n2)cc1.c1ccc(N(c2ccc(-c3cn4ccccc4n3)cc2)c2ccc(-n3c4ccccc4c4ccccc43)cc2)cc1.c1ccc(Nc2ccc(-n3c4ccccc4c4ccccc43)cc2)cc1. The maximum atomic E-state index is 4.80. The predicted octanol–water partition coefficient (Wildman–Crippen LogP) is 19.9. The number of benzene rings is 10. The fourth-order valence-electron chi connectivity index (χ4n) is 11.1. The van der Waals surface area contributed by atoms with E-state index >= 15 is 0 Å². The second kappa shape index (κ2) is 22.4. The summed E-state index contributed by atoms with van der Waals surface area (Å²) in [5, 5.41) is 8.55. The zero-order chi connectivity index (χ0) is 55.5. The Bertz CT molecular complexity index is 4700. The van der Waals surface area contributed by atoms with Crippen LogP contribution in [0.4, 0.5) is 28.4 Å². The average molecular weight is 1130 g/mol. The van der Waals surface area contributed by atoms with Crippen LogP contribution in [0.3, 0.4) is 0 Å². The number of para-hydroxylation sites is 6. The Balaban J connectivity index is 0.000000124. The predicted molar refractivity (Wildman–Crippen MR) is 348 cm³/mol. The molecule has 16 rings (SSSR count). The molecule has 83 heavy (non-hydrogen) atoms. The molecule has 0 saturated heterocycles. The lowest BCUT2D eigenvalue weighted by molar-refractivity contribution is 1.17. The van der Waals surface area contributed by atoms with Gasteiger partial charge in [0, 0.05) is 102 Å². The van der Waals surface area contributed by atoms with Crippen molar-refractivity contribution < 1.29 is 0 Å². The van der Waals surface area contributed by atoms with E-state index < -0.39 is 0 Å². The molecule has 0 spiro atoms. The van der Waals surface area contributed by atoms with Crippen LogP contribution in [0.5, 0.6) is 0 Å². The lowest BCUT2D eigenvalue weighted by atomic mass is 10.1. The number of nitrogens with one attached hydrogen (secondary N) is 1. The van der Waals surface area contributed by atoms with E-state index in [0.29, 0.717) is 0 Å². The number of fused-ring (bicyclic) bond motifs is 8. The number of halogens is 1. The van der Waals surface area contributed by atoms with Crippen LogP contribution in [-0.4, -0.2) is 27.9 Å². The third-order valence-corrected chi connectivity index (χ3v) is 15.5. The molecule has 0 atom stereocenters. The topological polar surface area (TPSA) is 59.7 Å². The smallest absolute Gasteiger partial charge is 0.137 e. The Labute approximate surface area is 488 Å². The van der Waals surface area contributed by atoms with Crippen LogP contribution in [0.2, 0.25) is 0 Å². The van der Waals surface area contributed by atoms with Crippen molar-refractivity contribution in [3.63, 3.8) is 0 Å². The van der Waals surface area contributed by atoms with Crippen LogP contribution in [0, 0.1) is 0 Å². The minimum Gasteiger partial charge on any atom is -0.356 e. The van der Waals surface area contributed by atoms with E-state index in [1.807, 2.05) is 89.7 Å². The maximum Gasteiger partial charge on any atom is 0.137 e. The molecule has 0 aliphatic rings. The van der Waals surface area contributed by atoms with Crippen LogP contribution in [-0.2, 0) is 0 Å². The number of rotatable bonds is 9. The van der Waals surface area contributed by atoms with E-state index in [4.69, 9.17) is 4.98 Å². The summed E-state index contributed by atoms with van der Waals surface area (Å²) < 4.78 is 9.84. The van der Waals surface area contributed by atoms with Gasteiger partial charge in [-0.2, -0.15) is 0 Å². The van der Waals surface area contributed by atoms with Gasteiger partial charge in [0.05, 0.1) is 33.5 Å². The summed E-state index contributed by atoms with van der Waals surface area (Å²) in [7, 11) is 0. The van der Waals surface area contributed by atoms with Gasteiger partial charge in [-0.05, 0) is 146 Å². The number of anilines is 5. The minimum absolute atomic E-state index is 0.945. The summed E-state index contributed by atoms with van der Waals surface area (Å²) in [5.74, 6) is 0. The molecule has 6 aromatic heterocycles. The standard InChI is InChI=1S/C37H26N4.C24H18N2.C13H9BrN2/c1-2-10-28(11-3-1)40(29-19-17-27(18-20-29)34-26-39-25-9-8-16-37(39)38-34)30-21-23-31(24-22-30)41-35-14-6-4-12-32(35)33-13-5-7-15-36(33)41;1-2-8-18(9-3-1)25-19-14-16-20(17-15-19)26-23-12-6-4-10-21(23)22-11-5-7-13-24(22)26;14-11-6-4-10(5-7-11)12-9-16-8-2-1-3-13(16)15-12/h1-26H;1-17,25H;1-9H. The maximum absolute atomic E-state index is 4.80. The van der Waals surface area contributed by atoms with Gasteiger partial charge in [0.15, 0.2) is 0 Å². The quantitative estimate of drug-likeness (QED) is 0.156. The fourth-order valence-corrected chi connectivity index (χ4v) is 11.4. The highest BCUT2D eigenvalue weighted by Gasteiger charge is 2.17. The Morgan fingerprint density at radius 1 is 0.313 bits per heavy atom. The first-order valence-electron chi connectivity index (χ1n) is 27.6. The van der Waals surface area contributed by atoms with Crippen molar-refractivity contribution in [2.45, 2.75) is 0 Å². The number of aromatic nitrogens is 6. The Morgan fingerprint density at radius 2 is 0.663 bits per heavy atom. The first-order chi connectivity index (χ1) is 41.1. The molecule has 8 nitrogen and oxygen atoms in total. The molecule has 0 unspecified atom stereocenters. The molecule has 0 amide bonds. The van der Waals surface area contributed by atoms with E-state index in [-0.39, 0.29) is 0 Å². The number of hydrogen-bond acceptors (Lipinski definition) is 4. The summed E-state index contributed by atoms with van der Waals surface area (Å²) in [5.41, 5.74) is 18.8. The first-order valence-corrected chi connectivity index (χ1v) is 28.4. The zero-order valence-electron chi connectivity index (χ0n) is 45.0. The molecule has 1 N–H and O–H groups in total. The molecule has 0 saturated carbocycles. The Hall–Kier alpha value is -10.7. The van der Waals surface area contributed by atoms with Crippen LogP contribution in [0.1, 0.15) is 0 Å². The number of hydrogen-bond donors (Lipinski definition) is 1. The van der Waals surface area contributed by atoms with E-state index in [2.05, 4.69) is 275 Å². The molecule has 6 heterocycles. The van der Waals surface area contributed by atoms with Crippen LogP contribution in [0.25, 0.3) is 88.8 Å². The van der Waals surface area contributed by atoms with Crippen molar-refractivity contribution >= 4 is 99.3 Å². The fraction of sp³-hybridized carbons (Fsp3) is 0. The van der Waals surface area contributed by atoms with Crippen LogP contribution < -0.4 is 10.2 Å². The summed E-state index contributed by atoms with van der Waals surface area (Å²) in [4.78, 5) is 11.7. The largest absolute Gasteiger partial charge is 0.356 e. The molecular formula is C74H53BrN8. The third kappa shape index (κ3) is 10.2. The van der Waals surface area contributed by atoms with Crippen LogP contribution in [0.15, 0.2) is 320 Å². The average Bonchev–Trinajstić information content (AvgIpc) is 4.06. The first kappa shape index (κ1) is 50.5.